The summed E-state index contributed by atoms with van der Waals surface area (Å²) in [5, 5.41) is 4.18. The van der Waals surface area contributed by atoms with Crippen molar-refractivity contribution in [2.24, 2.45) is 13.0 Å². The van der Waals surface area contributed by atoms with E-state index >= 15 is 0 Å². The van der Waals surface area contributed by atoms with E-state index in [1.54, 1.807) is 0 Å². The normalized spacial score (nSPS) is 13.9. The standard InChI is InChI=1S/C22H24N6O/c1-23-21-18-19(28(3)12-24-18)16-10-17(25-20(16)26-21)15-6-4-5-13(9-15)11-27(2)22(29)14-7-8-14/h4-6,9-10,12,14H,7-8,11H2,1-3H3,(H2,23,25,26). The van der Waals surface area contributed by atoms with E-state index in [1.165, 1.54) is 0 Å². The quantitative estimate of drug-likeness (QED) is 0.548. The highest BCUT2D eigenvalue weighted by molar-refractivity contribution is 6.07. The molecule has 0 spiro atoms. The summed E-state index contributed by atoms with van der Waals surface area (Å²) in [5.41, 5.74) is 5.93. The third-order valence-corrected chi connectivity index (χ3v) is 5.63. The van der Waals surface area contributed by atoms with Crippen molar-refractivity contribution in [3.63, 3.8) is 0 Å². The minimum absolute atomic E-state index is 0.241. The van der Waals surface area contributed by atoms with E-state index in [9.17, 15) is 4.79 Å². The van der Waals surface area contributed by atoms with Gasteiger partial charge in [-0.2, -0.15) is 0 Å². The number of nitrogens with zero attached hydrogens (tertiary/aromatic N) is 4. The number of amides is 1. The molecule has 1 aliphatic carbocycles. The first-order valence-electron chi connectivity index (χ1n) is 9.91. The van der Waals surface area contributed by atoms with Gasteiger partial charge in [0.1, 0.15) is 11.2 Å². The monoisotopic (exact) mass is 388 g/mol. The zero-order valence-electron chi connectivity index (χ0n) is 16.9. The molecule has 0 atom stereocenters. The van der Waals surface area contributed by atoms with Gasteiger partial charge in [-0.15, -0.1) is 0 Å². The summed E-state index contributed by atoms with van der Waals surface area (Å²) >= 11 is 0. The molecule has 5 rings (SSSR count). The number of aromatic nitrogens is 4. The minimum Gasteiger partial charge on any atom is -0.371 e. The second-order valence-corrected chi connectivity index (χ2v) is 7.88. The fourth-order valence-corrected chi connectivity index (χ4v) is 3.96. The number of hydrogen-bond acceptors (Lipinski definition) is 4. The fraction of sp³-hybridized carbons (Fsp3) is 0.318. The van der Waals surface area contributed by atoms with Gasteiger partial charge in [0.2, 0.25) is 5.91 Å². The lowest BCUT2D eigenvalue weighted by Gasteiger charge is -2.17. The van der Waals surface area contributed by atoms with E-state index in [1.807, 2.05) is 43.0 Å². The summed E-state index contributed by atoms with van der Waals surface area (Å²) < 4.78 is 2.02. The summed E-state index contributed by atoms with van der Waals surface area (Å²) in [6.07, 6.45) is 3.87. The van der Waals surface area contributed by atoms with Crippen molar-refractivity contribution in [3.8, 4) is 11.3 Å². The van der Waals surface area contributed by atoms with Crippen molar-refractivity contribution >= 4 is 33.8 Å². The predicted molar refractivity (Wildman–Crippen MR) is 115 cm³/mol. The molecular formula is C22H24N6O. The highest BCUT2D eigenvalue weighted by atomic mass is 16.2. The van der Waals surface area contributed by atoms with Gasteiger partial charge in [0, 0.05) is 44.7 Å². The number of hydrogen-bond donors (Lipinski definition) is 2. The number of benzene rings is 1. The molecule has 0 radical (unpaired) electrons. The lowest BCUT2D eigenvalue weighted by molar-refractivity contribution is -0.131. The highest BCUT2D eigenvalue weighted by Crippen LogP contribution is 2.33. The number of aromatic amines is 1. The Kier molecular flexibility index (Phi) is 4.04. The summed E-state index contributed by atoms with van der Waals surface area (Å²) in [4.78, 5) is 26.8. The molecule has 0 unspecified atom stereocenters. The third kappa shape index (κ3) is 3.03. The number of aryl methyl sites for hydroxylation is 1. The van der Waals surface area contributed by atoms with E-state index in [0.717, 1.165) is 57.5 Å². The molecule has 2 N–H and O–H groups in total. The van der Waals surface area contributed by atoms with Gasteiger partial charge in [0.15, 0.2) is 5.82 Å². The number of imidazole rings is 1. The van der Waals surface area contributed by atoms with Crippen LogP contribution in [0, 0.1) is 5.92 Å². The second kappa shape index (κ2) is 6.62. The molecule has 148 valence electrons. The van der Waals surface area contributed by atoms with Crippen LogP contribution in [-0.4, -0.2) is 44.4 Å². The van der Waals surface area contributed by atoms with Gasteiger partial charge >= 0.3 is 0 Å². The Morgan fingerprint density at radius 2 is 2.17 bits per heavy atom. The zero-order valence-corrected chi connectivity index (χ0v) is 16.9. The van der Waals surface area contributed by atoms with Crippen molar-refractivity contribution in [2.45, 2.75) is 19.4 Å². The maximum atomic E-state index is 12.3. The van der Waals surface area contributed by atoms with Crippen LogP contribution in [0.3, 0.4) is 0 Å². The Bertz CT molecular complexity index is 1230. The van der Waals surface area contributed by atoms with Crippen LogP contribution in [0.1, 0.15) is 18.4 Å². The van der Waals surface area contributed by atoms with Crippen molar-refractivity contribution in [2.75, 3.05) is 19.4 Å². The molecule has 7 heteroatoms. The lowest BCUT2D eigenvalue weighted by Crippen LogP contribution is -2.27. The number of carbonyl (C=O) groups is 1. The molecule has 3 heterocycles. The molecule has 1 saturated carbocycles. The number of carbonyl (C=O) groups excluding carboxylic acids is 1. The smallest absolute Gasteiger partial charge is 0.225 e. The number of anilines is 1. The van der Waals surface area contributed by atoms with Gasteiger partial charge < -0.3 is 19.8 Å². The topological polar surface area (TPSA) is 78.8 Å². The van der Waals surface area contributed by atoms with Crippen molar-refractivity contribution in [1.82, 2.24) is 24.4 Å². The molecule has 3 aromatic heterocycles. The predicted octanol–water partition coefficient (Wildman–Crippen LogP) is 3.53. The highest BCUT2D eigenvalue weighted by Gasteiger charge is 2.31. The van der Waals surface area contributed by atoms with E-state index in [0.29, 0.717) is 6.54 Å². The Morgan fingerprint density at radius 3 is 2.93 bits per heavy atom. The van der Waals surface area contributed by atoms with Gasteiger partial charge in [0.25, 0.3) is 0 Å². The molecule has 1 amide bonds. The van der Waals surface area contributed by atoms with E-state index in [2.05, 4.69) is 39.6 Å². The summed E-state index contributed by atoms with van der Waals surface area (Å²) in [6.45, 7) is 0.623. The van der Waals surface area contributed by atoms with Crippen molar-refractivity contribution in [1.29, 1.82) is 0 Å². The van der Waals surface area contributed by atoms with Crippen LogP contribution < -0.4 is 5.32 Å². The van der Waals surface area contributed by atoms with Crippen LogP contribution in [0.4, 0.5) is 5.82 Å². The number of H-pyrrole nitrogens is 1. The Labute approximate surface area is 168 Å². The first kappa shape index (κ1) is 17.7. The van der Waals surface area contributed by atoms with Gasteiger partial charge in [-0.25, -0.2) is 9.97 Å². The van der Waals surface area contributed by atoms with E-state index in [-0.39, 0.29) is 11.8 Å². The average molecular weight is 388 g/mol. The number of rotatable bonds is 5. The van der Waals surface area contributed by atoms with Gasteiger partial charge in [-0.1, -0.05) is 18.2 Å². The minimum atomic E-state index is 0.241. The third-order valence-electron chi connectivity index (χ3n) is 5.63. The largest absolute Gasteiger partial charge is 0.371 e. The lowest BCUT2D eigenvalue weighted by atomic mass is 10.1. The SMILES string of the molecule is CNc1nc2[nH]c(-c3cccc(CN(C)C(=O)C4CC4)c3)cc2c2c1ncn2C. The fourth-order valence-electron chi connectivity index (χ4n) is 3.96. The molecule has 0 bridgehead atoms. The van der Waals surface area contributed by atoms with Crippen LogP contribution in [0.25, 0.3) is 33.3 Å². The second-order valence-electron chi connectivity index (χ2n) is 7.88. The number of fused-ring (bicyclic) bond motifs is 3. The first-order chi connectivity index (χ1) is 14.0. The number of nitrogens with one attached hydrogen (secondary N) is 2. The van der Waals surface area contributed by atoms with E-state index < -0.39 is 0 Å². The van der Waals surface area contributed by atoms with Gasteiger partial charge in [-0.3, -0.25) is 4.79 Å². The maximum absolute atomic E-state index is 12.3. The van der Waals surface area contributed by atoms with E-state index in [4.69, 9.17) is 4.98 Å². The summed E-state index contributed by atoms with van der Waals surface area (Å²) in [7, 11) is 5.74. The summed E-state index contributed by atoms with van der Waals surface area (Å²) in [5.74, 6) is 1.25. The van der Waals surface area contributed by atoms with Gasteiger partial charge in [0.05, 0.1) is 11.8 Å². The average Bonchev–Trinajstić information content (AvgIpc) is 3.37. The molecule has 0 aliphatic heterocycles. The van der Waals surface area contributed by atoms with Crippen LogP contribution in [0.5, 0.6) is 0 Å². The molecule has 1 aromatic carbocycles. The van der Waals surface area contributed by atoms with Crippen molar-refractivity contribution < 1.29 is 4.79 Å². The zero-order chi connectivity index (χ0) is 20.1. The molecule has 1 aliphatic rings. The number of pyridine rings is 1. The van der Waals surface area contributed by atoms with Crippen LogP contribution in [0.2, 0.25) is 0 Å². The molecule has 0 saturated heterocycles. The van der Waals surface area contributed by atoms with Crippen molar-refractivity contribution in [3.05, 3.63) is 42.2 Å². The Morgan fingerprint density at radius 1 is 1.34 bits per heavy atom. The molecule has 4 aromatic rings. The Hall–Kier alpha value is -3.35. The first-order valence-corrected chi connectivity index (χ1v) is 9.91. The van der Waals surface area contributed by atoms with Crippen LogP contribution in [0.15, 0.2) is 36.7 Å². The molecule has 29 heavy (non-hydrogen) atoms. The Balaban J connectivity index is 1.53. The summed E-state index contributed by atoms with van der Waals surface area (Å²) in [6, 6.07) is 10.5. The molecule has 7 nitrogen and oxygen atoms in total. The maximum Gasteiger partial charge on any atom is 0.225 e. The van der Waals surface area contributed by atoms with Gasteiger partial charge in [-0.05, 0) is 36.1 Å². The molecule has 1 fully saturated rings. The van der Waals surface area contributed by atoms with Crippen LogP contribution in [-0.2, 0) is 18.4 Å². The molecular weight excluding hydrogens is 364 g/mol. The van der Waals surface area contributed by atoms with Crippen LogP contribution >= 0.6 is 0 Å².